The van der Waals surface area contributed by atoms with Crippen molar-refractivity contribution >= 4 is 10.8 Å². The Morgan fingerprint density at radius 1 is 1.00 bits per heavy atom. The fraction of sp³-hybridized carbons (Fsp3) is 0.586. The molecule has 0 aromatic heterocycles. The third-order valence-electron chi connectivity index (χ3n) is 8.04. The number of benzene rings is 2. The van der Waals surface area contributed by atoms with Gasteiger partial charge >= 0.3 is 0 Å². The van der Waals surface area contributed by atoms with Gasteiger partial charge in [0.25, 0.3) is 0 Å². The number of aryl methyl sites for hydroxylation is 1. The van der Waals surface area contributed by atoms with Crippen molar-refractivity contribution in [1.82, 2.24) is 0 Å². The zero-order chi connectivity index (χ0) is 20.9. The Bertz CT molecular complexity index is 851. The van der Waals surface area contributed by atoms with Gasteiger partial charge in [-0.15, -0.1) is 6.58 Å². The molecule has 4 unspecified atom stereocenters. The van der Waals surface area contributed by atoms with Crippen molar-refractivity contribution in [2.45, 2.75) is 89.9 Å². The van der Waals surface area contributed by atoms with Gasteiger partial charge in [-0.25, -0.2) is 4.39 Å². The van der Waals surface area contributed by atoms with Crippen LogP contribution in [0.25, 0.3) is 10.8 Å². The van der Waals surface area contributed by atoms with Gasteiger partial charge in [-0.2, -0.15) is 0 Å². The number of halogens is 1. The van der Waals surface area contributed by atoms with Crippen molar-refractivity contribution in [3.05, 3.63) is 59.9 Å². The summed E-state index contributed by atoms with van der Waals surface area (Å²) in [5, 5.41) is 1.84. The standard InChI is InChI=1S/C29H39F/c1-3-5-7-9-21-10-12-24-18-25(15-14-23(24)16-21)27-19-26-13-11-22(8-6-4-2)17-28(26)29(30)20-27/h4,11,13,17,19-21,23-25H,2-3,5-10,12,14-16,18H2,1H3. The van der Waals surface area contributed by atoms with Gasteiger partial charge in [0.1, 0.15) is 5.82 Å². The van der Waals surface area contributed by atoms with Gasteiger partial charge in [0.2, 0.25) is 0 Å². The molecule has 2 saturated carbocycles. The van der Waals surface area contributed by atoms with Gasteiger partial charge in [0.15, 0.2) is 0 Å². The van der Waals surface area contributed by atoms with E-state index in [1.54, 1.807) is 0 Å². The molecular formula is C29H39F. The Morgan fingerprint density at radius 3 is 2.67 bits per heavy atom. The molecule has 2 aromatic carbocycles. The highest BCUT2D eigenvalue weighted by atomic mass is 19.1. The maximum Gasteiger partial charge on any atom is 0.131 e. The first-order valence-corrected chi connectivity index (χ1v) is 12.5. The van der Waals surface area contributed by atoms with Crippen molar-refractivity contribution < 1.29 is 4.39 Å². The smallest absolute Gasteiger partial charge is 0.131 e. The summed E-state index contributed by atoms with van der Waals surface area (Å²) in [6.45, 7) is 6.10. The zero-order valence-corrected chi connectivity index (χ0v) is 18.8. The molecule has 4 atom stereocenters. The molecule has 0 nitrogen and oxygen atoms in total. The first-order chi connectivity index (χ1) is 14.7. The highest BCUT2D eigenvalue weighted by Crippen LogP contribution is 2.48. The quantitative estimate of drug-likeness (QED) is 0.303. The fourth-order valence-corrected chi connectivity index (χ4v) is 6.28. The molecule has 2 aliphatic rings. The molecule has 0 bridgehead atoms. The Hall–Kier alpha value is -1.63. The first kappa shape index (κ1) is 21.6. The first-order valence-electron chi connectivity index (χ1n) is 12.5. The summed E-state index contributed by atoms with van der Waals surface area (Å²) in [5.74, 6) is 3.28. The van der Waals surface area contributed by atoms with E-state index in [0.29, 0.717) is 5.92 Å². The number of hydrogen-bond donors (Lipinski definition) is 0. The lowest BCUT2D eigenvalue weighted by molar-refractivity contribution is 0.113. The molecule has 1 heteroatoms. The Kier molecular flexibility index (Phi) is 7.28. The van der Waals surface area contributed by atoms with E-state index in [4.69, 9.17) is 0 Å². The Labute approximate surface area is 183 Å². The Balaban J connectivity index is 1.42. The second-order valence-corrected chi connectivity index (χ2v) is 10.1. The zero-order valence-electron chi connectivity index (χ0n) is 18.8. The van der Waals surface area contributed by atoms with Gasteiger partial charge in [-0.05, 0) is 97.3 Å². The highest BCUT2D eigenvalue weighted by molar-refractivity contribution is 5.84. The molecule has 30 heavy (non-hydrogen) atoms. The van der Waals surface area contributed by atoms with Crippen LogP contribution in [0, 0.1) is 23.6 Å². The van der Waals surface area contributed by atoms with Crippen LogP contribution in [0.15, 0.2) is 43.0 Å². The van der Waals surface area contributed by atoms with Crippen LogP contribution in [-0.2, 0) is 6.42 Å². The molecule has 0 saturated heterocycles. The third kappa shape index (κ3) is 4.98. The van der Waals surface area contributed by atoms with E-state index < -0.39 is 0 Å². The second kappa shape index (κ2) is 10.1. The molecule has 0 heterocycles. The summed E-state index contributed by atoms with van der Waals surface area (Å²) >= 11 is 0. The number of rotatable bonds is 8. The SMILES string of the molecule is C=CCCc1ccc2cc(C3CCC4CC(CCCCC)CCC4C3)cc(F)c2c1. The monoisotopic (exact) mass is 406 g/mol. The van der Waals surface area contributed by atoms with E-state index in [1.165, 1.54) is 75.3 Å². The van der Waals surface area contributed by atoms with Crippen LogP contribution < -0.4 is 0 Å². The molecule has 162 valence electrons. The predicted molar refractivity (Wildman–Crippen MR) is 127 cm³/mol. The number of hydrogen-bond acceptors (Lipinski definition) is 0. The van der Waals surface area contributed by atoms with Gasteiger partial charge < -0.3 is 0 Å². The van der Waals surface area contributed by atoms with Crippen molar-refractivity contribution in [3.8, 4) is 0 Å². The van der Waals surface area contributed by atoms with Crippen LogP contribution in [0.3, 0.4) is 0 Å². The summed E-state index contributed by atoms with van der Waals surface area (Å²) in [6.07, 6.45) is 17.6. The summed E-state index contributed by atoms with van der Waals surface area (Å²) in [6, 6.07) is 10.4. The van der Waals surface area contributed by atoms with Crippen molar-refractivity contribution in [2.24, 2.45) is 17.8 Å². The van der Waals surface area contributed by atoms with Crippen LogP contribution >= 0.6 is 0 Å². The molecule has 0 N–H and O–H groups in total. The highest BCUT2D eigenvalue weighted by Gasteiger charge is 2.35. The molecule has 2 aromatic rings. The molecule has 2 aliphatic carbocycles. The van der Waals surface area contributed by atoms with E-state index in [1.807, 2.05) is 18.2 Å². The average Bonchev–Trinajstić information content (AvgIpc) is 2.77. The van der Waals surface area contributed by atoms with Crippen molar-refractivity contribution in [1.29, 1.82) is 0 Å². The van der Waals surface area contributed by atoms with Crippen LogP contribution in [0.2, 0.25) is 0 Å². The lowest BCUT2D eigenvalue weighted by atomic mass is 9.63. The van der Waals surface area contributed by atoms with E-state index in [-0.39, 0.29) is 5.82 Å². The van der Waals surface area contributed by atoms with E-state index >= 15 is 4.39 Å². The predicted octanol–water partition coefficient (Wildman–Crippen LogP) is 8.98. The summed E-state index contributed by atoms with van der Waals surface area (Å²) < 4.78 is 15.0. The molecule has 0 aliphatic heterocycles. The van der Waals surface area contributed by atoms with Gasteiger partial charge in [-0.3, -0.25) is 0 Å². The number of fused-ring (bicyclic) bond motifs is 2. The second-order valence-electron chi connectivity index (χ2n) is 10.1. The maximum atomic E-state index is 15.0. The number of unbranched alkanes of at least 4 members (excludes halogenated alkanes) is 2. The van der Waals surface area contributed by atoms with Crippen molar-refractivity contribution in [2.75, 3.05) is 0 Å². The molecular weight excluding hydrogens is 367 g/mol. The summed E-state index contributed by atoms with van der Waals surface area (Å²) in [5.41, 5.74) is 2.44. The Morgan fingerprint density at radius 2 is 1.83 bits per heavy atom. The largest absolute Gasteiger partial charge is 0.206 e. The average molecular weight is 407 g/mol. The maximum absolute atomic E-state index is 15.0. The normalized spacial score (nSPS) is 26.5. The molecule has 2 fully saturated rings. The van der Waals surface area contributed by atoms with Gasteiger partial charge in [0.05, 0.1) is 0 Å². The van der Waals surface area contributed by atoms with Crippen LogP contribution in [0.4, 0.5) is 4.39 Å². The van der Waals surface area contributed by atoms with Crippen molar-refractivity contribution in [3.63, 3.8) is 0 Å². The lowest BCUT2D eigenvalue weighted by Crippen LogP contribution is -2.30. The summed E-state index contributed by atoms with van der Waals surface area (Å²) in [7, 11) is 0. The molecule has 0 radical (unpaired) electrons. The van der Waals surface area contributed by atoms with Crippen LogP contribution in [0.5, 0.6) is 0 Å². The van der Waals surface area contributed by atoms with Gasteiger partial charge in [0, 0.05) is 5.39 Å². The third-order valence-corrected chi connectivity index (χ3v) is 8.04. The van der Waals surface area contributed by atoms with E-state index in [9.17, 15) is 0 Å². The minimum atomic E-state index is -0.0373. The van der Waals surface area contributed by atoms with Crippen LogP contribution in [0.1, 0.15) is 94.6 Å². The van der Waals surface area contributed by atoms with Crippen LogP contribution in [-0.4, -0.2) is 0 Å². The molecule has 4 rings (SSSR count). The topological polar surface area (TPSA) is 0 Å². The summed E-state index contributed by atoms with van der Waals surface area (Å²) in [4.78, 5) is 0. The van der Waals surface area contributed by atoms with E-state index in [2.05, 4.69) is 31.7 Å². The number of allylic oxidation sites excluding steroid dienone is 1. The fourth-order valence-electron chi connectivity index (χ4n) is 6.28. The van der Waals surface area contributed by atoms with Gasteiger partial charge in [-0.1, -0.05) is 63.3 Å². The van der Waals surface area contributed by atoms with E-state index in [0.717, 1.165) is 41.4 Å². The minimum Gasteiger partial charge on any atom is -0.206 e. The minimum absolute atomic E-state index is 0.0373. The molecule has 0 amide bonds. The lowest BCUT2D eigenvalue weighted by Gasteiger charge is -2.42. The molecule has 0 spiro atoms.